The van der Waals surface area contributed by atoms with Crippen LogP contribution >= 0.6 is 0 Å². The van der Waals surface area contributed by atoms with Crippen LogP contribution in [0.15, 0.2) is 36.7 Å². The van der Waals surface area contributed by atoms with Crippen LogP contribution in [0.2, 0.25) is 0 Å². The quantitative estimate of drug-likeness (QED) is 0.755. The summed E-state index contributed by atoms with van der Waals surface area (Å²) < 4.78 is 11.4. The Balaban J connectivity index is 2.40. The lowest BCUT2D eigenvalue weighted by molar-refractivity contribution is 0.0600. The zero-order chi connectivity index (χ0) is 12.3. The first-order chi connectivity index (χ1) is 8.26. The molecule has 0 radical (unpaired) electrons. The van der Waals surface area contributed by atoms with E-state index in [0.29, 0.717) is 11.3 Å². The number of benzene rings is 1. The van der Waals surface area contributed by atoms with E-state index in [2.05, 4.69) is 9.84 Å². The molecule has 17 heavy (non-hydrogen) atoms. The van der Waals surface area contributed by atoms with Gasteiger partial charge in [0.25, 0.3) is 0 Å². The largest absolute Gasteiger partial charge is 0.494 e. The summed E-state index contributed by atoms with van der Waals surface area (Å²) in [7, 11) is 2.92. The van der Waals surface area contributed by atoms with Gasteiger partial charge in [0.1, 0.15) is 11.4 Å². The molecular weight excluding hydrogens is 220 g/mol. The Kier molecular flexibility index (Phi) is 3.09. The third kappa shape index (κ3) is 2.13. The van der Waals surface area contributed by atoms with Crippen LogP contribution in [0, 0.1) is 0 Å². The van der Waals surface area contributed by atoms with E-state index in [1.807, 2.05) is 24.3 Å². The summed E-state index contributed by atoms with van der Waals surface area (Å²) in [5.74, 6) is 0.276. The fourth-order valence-corrected chi connectivity index (χ4v) is 1.50. The highest BCUT2D eigenvalue weighted by Gasteiger charge is 2.11. The molecule has 5 heteroatoms. The van der Waals surface area contributed by atoms with E-state index in [9.17, 15) is 4.79 Å². The third-order valence-corrected chi connectivity index (χ3v) is 2.34. The Hall–Kier alpha value is -2.30. The molecule has 1 aromatic heterocycles. The molecule has 1 aromatic carbocycles. The Morgan fingerprint density at radius 2 is 2.06 bits per heavy atom. The summed E-state index contributed by atoms with van der Waals surface area (Å²) >= 11 is 0. The number of hydrogen-bond acceptors (Lipinski definition) is 4. The van der Waals surface area contributed by atoms with E-state index in [0.717, 1.165) is 5.69 Å². The predicted molar refractivity (Wildman–Crippen MR) is 61.5 cm³/mol. The van der Waals surface area contributed by atoms with Crippen LogP contribution in [-0.2, 0) is 4.74 Å². The van der Waals surface area contributed by atoms with Gasteiger partial charge in [0.2, 0.25) is 0 Å². The summed E-state index contributed by atoms with van der Waals surface area (Å²) in [5.41, 5.74) is 1.17. The van der Waals surface area contributed by atoms with Crippen molar-refractivity contribution in [3.8, 4) is 11.4 Å². The van der Waals surface area contributed by atoms with E-state index < -0.39 is 5.97 Å². The first-order valence-electron chi connectivity index (χ1n) is 5.02. The van der Waals surface area contributed by atoms with Crippen LogP contribution in [0.4, 0.5) is 0 Å². The molecule has 0 saturated heterocycles. The molecule has 2 aromatic rings. The maximum Gasteiger partial charge on any atom is 0.341 e. The number of esters is 1. The lowest BCUT2D eigenvalue weighted by Crippen LogP contribution is -2.00. The van der Waals surface area contributed by atoms with Crippen molar-refractivity contribution in [2.45, 2.75) is 0 Å². The normalized spacial score (nSPS) is 10.0. The minimum absolute atomic E-state index is 0.401. The van der Waals surface area contributed by atoms with E-state index in [1.165, 1.54) is 13.3 Å². The lowest BCUT2D eigenvalue weighted by atomic mass is 10.3. The topological polar surface area (TPSA) is 53.3 Å². The molecule has 0 atom stereocenters. The van der Waals surface area contributed by atoms with Gasteiger partial charge in [-0.1, -0.05) is 12.1 Å². The monoisotopic (exact) mass is 232 g/mol. The number of ether oxygens (including phenoxy) is 2. The smallest absolute Gasteiger partial charge is 0.341 e. The summed E-state index contributed by atoms with van der Waals surface area (Å²) in [6, 6.07) is 7.42. The molecular formula is C12H12N2O3. The molecule has 0 spiro atoms. The lowest BCUT2D eigenvalue weighted by Gasteiger charge is -2.07. The standard InChI is InChI=1S/C12H12N2O3/c1-16-11-6-4-3-5-10(11)14-8-9(7-13-14)12(15)17-2/h3-8H,1-2H3. The molecule has 0 amide bonds. The molecule has 0 saturated carbocycles. The van der Waals surface area contributed by atoms with Crippen molar-refractivity contribution < 1.29 is 14.3 Å². The van der Waals surface area contributed by atoms with Crippen molar-refractivity contribution in [1.29, 1.82) is 0 Å². The van der Waals surface area contributed by atoms with Crippen molar-refractivity contribution >= 4 is 5.97 Å². The first kappa shape index (κ1) is 11.2. The minimum atomic E-state index is -0.411. The van der Waals surface area contributed by atoms with Crippen LogP contribution in [0.1, 0.15) is 10.4 Å². The van der Waals surface area contributed by atoms with E-state index in [4.69, 9.17) is 4.74 Å². The number of para-hydroxylation sites is 2. The SMILES string of the molecule is COC(=O)c1cnn(-c2ccccc2OC)c1. The highest BCUT2D eigenvalue weighted by atomic mass is 16.5. The maximum absolute atomic E-state index is 11.3. The predicted octanol–water partition coefficient (Wildman–Crippen LogP) is 1.67. The highest BCUT2D eigenvalue weighted by Crippen LogP contribution is 2.21. The highest BCUT2D eigenvalue weighted by molar-refractivity contribution is 5.88. The van der Waals surface area contributed by atoms with Crippen LogP contribution in [0.3, 0.4) is 0 Å². The second-order valence-corrected chi connectivity index (χ2v) is 3.34. The van der Waals surface area contributed by atoms with Gasteiger partial charge in [-0.2, -0.15) is 5.10 Å². The summed E-state index contributed by atoms with van der Waals surface area (Å²) in [4.78, 5) is 11.3. The van der Waals surface area contributed by atoms with Gasteiger partial charge in [0, 0.05) is 6.20 Å². The molecule has 0 fully saturated rings. The summed E-state index contributed by atoms with van der Waals surface area (Å²) in [5, 5.41) is 4.10. The number of carbonyl (C=O) groups is 1. The van der Waals surface area contributed by atoms with Crippen molar-refractivity contribution in [2.24, 2.45) is 0 Å². The van der Waals surface area contributed by atoms with Gasteiger partial charge in [0.15, 0.2) is 0 Å². The van der Waals surface area contributed by atoms with Gasteiger partial charge in [-0.15, -0.1) is 0 Å². The van der Waals surface area contributed by atoms with Gasteiger partial charge in [-0.25, -0.2) is 9.48 Å². The zero-order valence-electron chi connectivity index (χ0n) is 9.58. The number of hydrogen-bond donors (Lipinski definition) is 0. The second kappa shape index (κ2) is 4.69. The number of carbonyl (C=O) groups excluding carboxylic acids is 1. The van der Waals surface area contributed by atoms with Crippen molar-refractivity contribution in [2.75, 3.05) is 14.2 Å². The molecule has 0 N–H and O–H groups in total. The van der Waals surface area contributed by atoms with Gasteiger partial charge in [-0.3, -0.25) is 0 Å². The molecule has 0 aliphatic heterocycles. The average Bonchev–Trinajstić information content (AvgIpc) is 2.87. The third-order valence-electron chi connectivity index (χ3n) is 2.34. The molecule has 0 unspecified atom stereocenters. The Labute approximate surface area is 98.6 Å². The van der Waals surface area contributed by atoms with E-state index >= 15 is 0 Å². The number of aromatic nitrogens is 2. The minimum Gasteiger partial charge on any atom is -0.494 e. The second-order valence-electron chi connectivity index (χ2n) is 3.34. The van der Waals surface area contributed by atoms with Gasteiger partial charge >= 0.3 is 5.97 Å². The van der Waals surface area contributed by atoms with Crippen LogP contribution < -0.4 is 4.74 Å². The maximum atomic E-state index is 11.3. The Morgan fingerprint density at radius 1 is 1.29 bits per heavy atom. The molecule has 1 heterocycles. The van der Waals surface area contributed by atoms with Gasteiger partial charge in [-0.05, 0) is 12.1 Å². The average molecular weight is 232 g/mol. The van der Waals surface area contributed by atoms with Gasteiger partial charge in [0.05, 0.1) is 26.0 Å². The van der Waals surface area contributed by atoms with Crippen molar-refractivity contribution in [3.63, 3.8) is 0 Å². The van der Waals surface area contributed by atoms with Crippen LogP contribution in [-0.4, -0.2) is 30.0 Å². The van der Waals surface area contributed by atoms with Crippen molar-refractivity contribution in [3.05, 3.63) is 42.2 Å². The van der Waals surface area contributed by atoms with Gasteiger partial charge < -0.3 is 9.47 Å². The zero-order valence-corrected chi connectivity index (χ0v) is 9.58. The Morgan fingerprint density at radius 3 is 2.76 bits per heavy atom. The molecule has 88 valence electrons. The van der Waals surface area contributed by atoms with E-state index in [1.54, 1.807) is 18.0 Å². The fraction of sp³-hybridized carbons (Fsp3) is 0.167. The fourth-order valence-electron chi connectivity index (χ4n) is 1.50. The molecule has 0 aliphatic carbocycles. The van der Waals surface area contributed by atoms with Crippen LogP contribution in [0.25, 0.3) is 5.69 Å². The number of rotatable bonds is 3. The Bertz CT molecular complexity index is 534. The summed E-state index contributed by atoms with van der Waals surface area (Å²) in [6.45, 7) is 0. The number of nitrogens with zero attached hydrogens (tertiary/aromatic N) is 2. The van der Waals surface area contributed by atoms with Crippen molar-refractivity contribution in [1.82, 2.24) is 9.78 Å². The van der Waals surface area contributed by atoms with E-state index in [-0.39, 0.29) is 0 Å². The molecule has 0 bridgehead atoms. The molecule has 0 aliphatic rings. The number of methoxy groups -OCH3 is 2. The molecule has 2 rings (SSSR count). The molecule has 5 nitrogen and oxygen atoms in total. The first-order valence-corrected chi connectivity index (χ1v) is 5.02. The summed E-state index contributed by atoms with van der Waals surface area (Å²) in [6.07, 6.45) is 3.06. The van der Waals surface area contributed by atoms with Crippen LogP contribution in [0.5, 0.6) is 5.75 Å².